The molecule has 0 aromatic carbocycles. The van der Waals surface area contributed by atoms with Crippen LogP contribution in [0.15, 0.2) is 0 Å². The van der Waals surface area contributed by atoms with Crippen LogP contribution < -0.4 is 4.72 Å². The van der Waals surface area contributed by atoms with Crippen molar-refractivity contribution in [1.82, 2.24) is 9.62 Å². The Bertz CT molecular complexity index is 309. The first-order chi connectivity index (χ1) is 8.57. The number of rotatable bonds is 8. The molecule has 18 heavy (non-hydrogen) atoms. The molecule has 1 heterocycles. The van der Waals surface area contributed by atoms with E-state index in [9.17, 15) is 8.42 Å². The molecule has 108 valence electrons. The number of sulfonamides is 1. The van der Waals surface area contributed by atoms with Gasteiger partial charge < -0.3 is 4.90 Å². The van der Waals surface area contributed by atoms with Crippen LogP contribution in [0.5, 0.6) is 0 Å². The molecule has 1 fully saturated rings. The van der Waals surface area contributed by atoms with E-state index in [1.54, 1.807) is 0 Å². The van der Waals surface area contributed by atoms with Gasteiger partial charge in [0.15, 0.2) is 0 Å². The molecular formula is C13H28N2O2S. The van der Waals surface area contributed by atoms with Crippen LogP contribution in [-0.2, 0) is 10.0 Å². The van der Waals surface area contributed by atoms with E-state index in [4.69, 9.17) is 0 Å². The summed E-state index contributed by atoms with van der Waals surface area (Å²) in [5, 5.41) is 0. The second-order valence-electron chi connectivity index (χ2n) is 5.26. The minimum absolute atomic E-state index is 0.156. The van der Waals surface area contributed by atoms with Crippen LogP contribution in [0.25, 0.3) is 0 Å². The first-order valence-corrected chi connectivity index (χ1v) is 8.95. The maximum Gasteiger partial charge on any atom is 0.211 e. The number of nitrogens with one attached hydrogen (secondary N) is 1. The van der Waals surface area contributed by atoms with Crippen molar-refractivity contribution in [2.45, 2.75) is 58.4 Å². The third-order valence-electron chi connectivity index (χ3n) is 3.48. The molecule has 1 aliphatic heterocycles. The van der Waals surface area contributed by atoms with Crippen molar-refractivity contribution in [3.63, 3.8) is 0 Å². The molecule has 4 nitrogen and oxygen atoms in total. The lowest BCUT2D eigenvalue weighted by atomic mass is 10.1. The van der Waals surface area contributed by atoms with Crippen LogP contribution in [0.2, 0.25) is 0 Å². The molecule has 0 amide bonds. The van der Waals surface area contributed by atoms with Crippen LogP contribution in [-0.4, -0.2) is 44.7 Å². The van der Waals surface area contributed by atoms with Gasteiger partial charge in [-0.2, -0.15) is 0 Å². The first-order valence-electron chi connectivity index (χ1n) is 7.29. The quantitative estimate of drug-likeness (QED) is 0.690. The van der Waals surface area contributed by atoms with Crippen molar-refractivity contribution in [3.8, 4) is 0 Å². The van der Waals surface area contributed by atoms with Gasteiger partial charge in [-0.25, -0.2) is 13.1 Å². The van der Waals surface area contributed by atoms with Crippen LogP contribution in [0.1, 0.15) is 52.4 Å². The molecule has 1 saturated heterocycles. The number of unbranched alkanes of at least 4 members (excludes halogenated alkanes) is 2. The molecule has 5 heteroatoms. The van der Waals surface area contributed by atoms with Gasteiger partial charge in [0, 0.05) is 6.04 Å². The Labute approximate surface area is 112 Å². The van der Waals surface area contributed by atoms with Crippen LogP contribution in [0.4, 0.5) is 0 Å². The predicted octanol–water partition coefficient (Wildman–Crippen LogP) is 1.97. The molecule has 0 atom stereocenters. The van der Waals surface area contributed by atoms with E-state index < -0.39 is 10.0 Å². The average Bonchev–Trinajstić information content (AvgIpc) is 2.31. The minimum atomic E-state index is -3.04. The zero-order chi connectivity index (χ0) is 13.4. The third-order valence-corrected chi connectivity index (χ3v) is 5.12. The molecule has 0 aliphatic carbocycles. The van der Waals surface area contributed by atoms with Crippen LogP contribution >= 0.6 is 0 Å². The number of piperidine rings is 1. The van der Waals surface area contributed by atoms with E-state index in [1.807, 2.05) is 6.92 Å². The summed E-state index contributed by atoms with van der Waals surface area (Å²) in [6.45, 7) is 7.35. The normalized spacial score (nSPS) is 19.2. The Balaban J connectivity index is 2.23. The molecule has 0 aromatic rings. The highest BCUT2D eigenvalue weighted by Gasteiger charge is 2.22. The summed E-state index contributed by atoms with van der Waals surface area (Å²) in [5.74, 6) is 0.254. The molecule has 0 radical (unpaired) electrons. The second-order valence-corrected chi connectivity index (χ2v) is 7.13. The molecule has 0 saturated carbocycles. The van der Waals surface area contributed by atoms with Gasteiger partial charge in [0.2, 0.25) is 10.0 Å². The Kier molecular flexibility index (Phi) is 7.19. The summed E-state index contributed by atoms with van der Waals surface area (Å²) in [4.78, 5) is 2.46. The van der Waals surface area contributed by atoms with Crippen molar-refractivity contribution < 1.29 is 8.42 Å². The van der Waals surface area contributed by atoms with E-state index in [0.717, 1.165) is 25.9 Å². The number of likely N-dealkylation sites (tertiary alicyclic amines) is 1. The standard InChI is InChI=1S/C13H28N2O2S/c1-3-5-6-9-15-10-7-13(8-11-15)14-18(16,17)12-4-2/h13-14H,3-12H2,1-2H3. The smallest absolute Gasteiger partial charge is 0.211 e. The van der Waals surface area contributed by atoms with Gasteiger partial charge in [0.05, 0.1) is 5.75 Å². The van der Waals surface area contributed by atoms with Crippen molar-refractivity contribution in [1.29, 1.82) is 0 Å². The highest BCUT2D eigenvalue weighted by atomic mass is 32.2. The lowest BCUT2D eigenvalue weighted by Gasteiger charge is -2.32. The fraction of sp³-hybridized carbons (Fsp3) is 1.00. The van der Waals surface area contributed by atoms with Gasteiger partial charge in [-0.15, -0.1) is 0 Å². The van der Waals surface area contributed by atoms with E-state index in [2.05, 4.69) is 16.5 Å². The largest absolute Gasteiger partial charge is 0.303 e. The third kappa shape index (κ3) is 6.16. The maximum absolute atomic E-state index is 11.7. The van der Waals surface area contributed by atoms with Gasteiger partial charge >= 0.3 is 0 Å². The summed E-state index contributed by atoms with van der Waals surface area (Å²) < 4.78 is 26.2. The van der Waals surface area contributed by atoms with Crippen LogP contribution in [0, 0.1) is 0 Å². The number of hydrogen-bond donors (Lipinski definition) is 1. The Morgan fingerprint density at radius 2 is 1.78 bits per heavy atom. The van der Waals surface area contributed by atoms with Gasteiger partial charge in [0.1, 0.15) is 0 Å². The molecule has 0 bridgehead atoms. The molecular weight excluding hydrogens is 248 g/mol. The van der Waals surface area contributed by atoms with E-state index in [-0.39, 0.29) is 11.8 Å². The monoisotopic (exact) mass is 276 g/mol. The predicted molar refractivity (Wildman–Crippen MR) is 76.2 cm³/mol. The van der Waals surface area contributed by atoms with Crippen molar-refractivity contribution in [3.05, 3.63) is 0 Å². The van der Waals surface area contributed by atoms with Gasteiger partial charge in [0.25, 0.3) is 0 Å². The summed E-state index contributed by atoms with van der Waals surface area (Å²) in [5.41, 5.74) is 0. The summed E-state index contributed by atoms with van der Waals surface area (Å²) in [6, 6.07) is 0.156. The molecule has 0 aromatic heterocycles. The highest BCUT2D eigenvalue weighted by Crippen LogP contribution is 2.12. The minimum Gasteiger partial charge on any atom is -0.303 e. The lowest BCUT2D eigenvalue weighted by molar-refractivity contribution is 0.204. The SMILES string of the molecule is CCCCCN1CCC(NS(=O)(=O)CCC)CC1. The zero-order valence-electron chi connectivity index (χ0n) is 11.8. The van der Waals surface area contributed by atoms with Gasteiger partial charge in [-0.3, -0.25) is 0 Å². The summed E-state index contributed by atoms with van der Waals surface area (Å²) in [6.07, 6.45) is 6.41. The average molecular weight is 276 g/mol. The molecule has 1 aliphatic rings. The second kappa shape index (κ2) is 8.12. The molecule has 1 N–H and O–H groups in total. The van der Waals surface area contributed by atoms with Crippen LogP contribution in [0.3, 0.4) is 0 Å². The van der Waals surface area contributed by atoms with Crippen molar-refractivity contribution in [2.24, 2.45) is 0 Å². The maximum atomic E-state index is 11.7. The number of nitrogens with zero attached hydrogens (tertiary/aromatic N) is 1. The van der Waals surface area contributed by atoms with Crippen molar-refractivity contribution in [2.75, 3.05) is 25.4 Å². The summed E-state index contributed by atoms with van der Waals surface area (Å²) >= 11 is 0. The highest BCUT2D eigenvalue weighted by molar-refractivity contribution is 7.89. The topological polar surface area (TPSA) is 49.4 Å². The molecule has 1 rings (SSSR count). The molecule has 0 spiro atoms. The van der Waals surface area contributed by atoms with Gasteiger partial charge in [-0.1, -0.05) is 26.7 Å². The van der Waals surface area contributed by atoms with Gasteiger partial charge in [-0.05, 0) is 45.3 Å². The van der Waals surface area contributed by atoms with E-state index in [1.165, 1.54) is 25.8 Å². The Hall–Kier alpha value is -0.130. The van der Waals surface area contributed by atoms with E-state index in [0.29, 0.717) is 6.42 Å². The van der Waals surface area contributed by atoms with E-state index >= 15 is 0 Å². The summed E-state index contributed by atoms with van der Waals surface area (Å²) in [7, 11) is -3.04. The number of hydrogen-bond acceptors (Lipinski definition) is 3. The fourth-order valence-corrected chi connectivity index (χ4v) is 3.84. The molecule has 0 unspecified atom stereocenters. The fourth-order valence-electron chi connectivity index (χ4n) is 2.44. The lowest BCUT2D eigenvalue weighted by Crippen LogP contribution is -2.45. The Morgan fingerprint density at radius 3 is 2.33 bits per heavy atom. The van der Waals surface area contributed by atoms with Crippen molar-refractivity contribution >= 4 is 10.0 Å². The Morgan fingerprint density at radius 1 is 1.11 bits per heavy atom. The zero-order valence-corrected chi connectivity index (χ0v) is 12.6. The first kappa shape index (κ1) is 15.9.